The summed E-state index contributed by atoms with van der Waals surface area (Å²) in [5.74, 6) is 0. The van der Waals surface area contributed by atoms with Gasteiger partial charge < -0.3 is 16.4 Å². The Balaban J connectivity index is 3.69. The summed E-state index contributed by atoms with van der Waals surface area (Å²) in [6.07, 6.45) is 0.995. The minimum Gasteiger partial charge on any atom is -0.323 e. The van der Waals surface area contributed by atoms with Crippen LogP contribution in [0.3, 0.4) is 0 Å². The average molecular weight is 145 g/mol. The van der Waals surface area contributed by atoms with Gasteiger partial charge >= 0.3 is 0 Å². The first-order chi connectivity index (χ1) is 4.68. The van der Waals surface area contributed by atoms with Crippen molar-refractivity contribution >= 4 is 0 Å². The van der Waals surface area contributed by atoms with Crippen LogP contribution in [0.5, 0.6) is 0 Å². The molecule has 0 atom stereocenters. The summed E-state index contributed by atoms with van der Waals surface area (Å²) in [6, 6.07) is 0. The fourth-order valence-electron chi connectivity index (χ4n) is 1.02. The van der Waals surface area contributed by atoms with Gasteiger partial charge in [0.25, 0.3) is 0 Å². The number of rotatable bonds is 5. The first-order valence-corrected chi connectivity index (χ1v) is 3.76. The Morgan fingerprint density at radius 3 is 1.80 bits per heavy atom. The highest BCUT2D eigenvalue weighted by atomic mass is 15.0. The van der Waals surface area contributed by atoms with E-state index in [4.69, 9.17) is 5.73 Å². The molecule has 10 heavy (non-hydrogen) atoms. The van der Waals surface area contributed by atoms with Crippen molar-refractivity contribution in [3.63, 3.8) is 0 Å². The molecule has 62 valence electrons. The number of nitrogens with one attached hydrogen (secondary N) is 2. The normalized spacial score (nSPS) is 12.0. The maximum Gasteiger partial charge on any atom is 0.0404 e. The van der Waals surface area contributed by atoms with E-state index in [0.29, 0.717) is 0 Å². The summed E-state index contributed by atoms with van der Waals surface area (Å²) in [5.41, 5.74) is 5.91. The highest BCUT2D eigenvalue weighted by Crippen LogP contribution is 2.01. The standard InChI is InChI=1S/C7H19N3/c1-4-7(8,5-9-2)6-10-3/h9-10H,4-6,8H2,1-3H3. The zero-order valence-electron chi connectivity index (χ0n) is 7.20. The van der Waals surface area contributed by atoms with Crippen molar-refractivity contribution < 1.29 is 0 Å². The summed E-state index contributed by atoms with van der Waals surface area (Å²) in [6.45, 7) is 3.84. The number of likely N-dealkylation sites (N-methyl/N-ethyl adjacent to an activating group) is 2. The van der Waals surface area contributed by atoms with Gasteiger partial charge in [0.05, 0.1) is 0 Å². The molecule has 0 radical (unpaired) electrons. The summed E-state index contributed by atoms with van der Waals surface area (Å²) in [4.78, 5) is 0. The Morgan fingerprint density at radius 1 is 1.20 bits per heavy atom. The molecule has 0 heterocycles. The third-order valence-corrected chi connectivity index (χ3v) is 1.76. The molecule has 0 rings (SSSR count). The maximum atomic E-state index is 5.99. The van der Waals surface area contributed by atoms with Crippen LogP contribution in [-0.2, 0) is 0 Å². The zero-order valence-corrected chi connectivity index (χ0v) is 7.20. The van der Waals surface area contributed by atoms with Gasteiger partial charge in [0, 0.05) is 18.6 Å². The van der Waals surface area contributed by atoms with Crippen LogP contribution < -0.4 is 16.4 Å². The molecule has 0 saturated heterocycles. The van der Waals surface area contributed by atoms with Gasteiger partial charge in [-0.1, -0.05) is 6.92 Å². The monoisotopic (exact) mass is 145 g/mol. The lowest BCUT2D eigenvalue weighted by molar-refractivity contribution is 0.381. The molecule has 0 saturated carbocycles. The second-order valence-electron chi connectivity index (χ2n) is 2.78. The largest absolute Gasteiger partial charge is 0.323 e. The number of nitrogens with two attached hydrogens (primary N) is 1. The van der Waals surface area contributed by atoms with E-state index in [0.717, 1.165) is 19.5 Å². The van der Waals surface area contributed by atoms with Crippen molar-refractivity contribution in [1.82, 2.24) is 10.6 Å². The highest BCUT2D eigenvalue weighted by molar-refractivity contribution is 4.86. The molecule has 4 N–H and O–H groups in total. The molecule has 0 spiro atoms. The SMILES string of the molecule is CCC(N)(CNC)CNC. The lowest BCUT2D eigenvalue weighted by Crippen LogP contribution is -2.53. The fraction of sp³-hybridized carbons (Fsp3) is 1.00. The smallest absolute Gasteiger partial charge is 0.0404 e. The van der Waals surface area contributed by atoms with Crippen LogP contribution in [0.1, 0.15) is 13.3 Å². The molecular weight excluding hydrogens is 126 g/mol. The topological polar surface area (TPSA) is 50.1 Å². The van der Waals surface area contributed by atoms with Gasteiger partial charge in [-0.05, 0) is 20.5 Å². The fourth-order valence-corrected chi connectivity index (χ4v) is 1.02. The van der Waals surface area contributed by atoms with E-state index in [-0.39, 0.29) is 5.54 Å². The lowest BCUT2D eigenvalue weighted by atomic mass is 9.98. The molecule has 0 fully saturated rings. The predicted molar refractivity (Wildman–Crippen MR) is 45.1 cm³/mol. The minimum absolute atomic E-state index is 0.0799. The first kappa shape index (κ1) is 9.88. The Morgan fingerprint density at radius 2 is 1.60 bits per heavy atom. The van der Waals surface area contributed by atoms with E-state index in [1.165, 1.54) is 0 Å². The van der Waals surface area contributed by atoms with Crippen molar-refractivity contribution in [3.05, 3.63) is 0 Å². The third-order valence-electron chi connectivity index (χ3n) is 1.76. The van der Waals surface area contributed by atoms with Gasteiger partial charge in [-0.2, -0.15) is 0 Å². The van der Waals surface area contributed by atoms with E-state index >= 15 is 0 Å². The molecular formula is C7H19N3. The Bertz CT molecular complexity index is 76.9. The molecule has 0 amide bonds. The van der Waals surface area contributed by atoms with E-state index in [2.05, 4.69) is 17.6 Å². The highest BCUT2D eigenvalue weighted by Gasteiger charge is 2.19. The van der Waals surface area contributed by atoms with Gasteiger partial charge in [0.2, 0.25) is 0 Å². The maximum absolute atomic E-state index is 5.99. The molecule has 0 aliphatic rings. The van der Waals surface area contributed by atoms with Crippen LogP contribution in [-0.4, -0.2) is 32.7 Å². The molecule has 0 aliphatic carbocycles. The van der Waals surface area contributed by atoms with Crippen LogP contribution in [0.15, 0.2) is 0 Å². The van der Waals surface area contributed by atoms with E-state index in [1.54, 1.807) is 0 Å². The van der Waals surface area contributed by atoms with Crippen LogP contribution in [0, 0.1) is 0 Å². The first-order valence-electron chi connectivity index (χ1n) is 3.76. The second kappa shape index (κ2) is 4.66. The minimum atomic E-state index is -0.0799. The Labute approximate surface area is 63.4 Å². The van der Waals surface area contributed by atoms with Gasteiger partial charge in [-0.15, -0.1) is 0 Å². The number of hydrogen-bond acceptors (Lipinski definition) is 3. The predicted octanol–water partition coefficient (Wildman–Crippen LogP) is -0.467. The van der Waals surface area contributed by atoms with Crippen LogP contribution in [0.2, 0.25) is 0 Å². The zero-order chi connectivity index (χ0) is 8.04. The van der Waals surface area contributed by atoms with E-state index in [1.807, 2.05) is 14.1 Å². The van der Waals surface area contributed by atoms with Gasteiger partial charge in [-0.25, -0.2) is 0 Å². The molecule has 0 aliphatic heterocycles. The van der Waals surface area contributed by atoms with Gasteiger partial charge in [-0.3, -0.25) is 0 Å². The molecule has 0 aromatic carbocycles. The van der Waals surface area contributed by atoms with Crippen molar-refractivity contribution in [2.75, 3.05) is 27.2 Å². The van der Waals surface area contributed by atoms with Crippen molar-refractivity contribution in [2.45, 2.75) is 18.9 Å². The summed E-state index contributed by atoms with van der Waals surface area (Å²) in [7, 11) is 3.85. The van der Waals surface area contributed by atoms with Crippen molar-refractivity contribution in [2.24, 2.45) is 5.73 Å². The molecule has 0 unspecified atom stereocenters. The van der Waals surface area contributed by atoms with Crippen LogP contribution >= 0.6 is 0 Å². The third kappa shape index (κ3) is 3.15. The van der Waals surface area contributed by atoms with E-state index in [9.17, 15) is 0 Å². The quantitative estimate of drug-likeness (QED) is 0.490. The van der Waals surface area contributed by atoms with Crippen LogP contribution in [0.4, 0.5) is 0 Å². The van der Waals surface area contributed by atoms with Gasteiger partial charge in [0.15, 0.2) is 0 Å². The second-order valence-corrected chi connectivity index (χ2v) is 2.78. The Hall–Kier alpha value is -0.120. The molecule has 0 aromatic rings. The summed E-state index contributed by atoms with van der Waals surface area (Å²) < 4.78 is 0. The average Bonchev–Trinajstić information content (AvgIpc) is 1.89. The van der Waals surface area contributed by atoms with Gasteiger partial charge in [0.1, 0.15) is 0 Å². The van der Waals surface area contributed by atoms with Crippen molar-refractivity contribution in [1.29, 1.82) is 0 Å². The number of hydrogen-bond donors (Lipinski definition) is 3. The molecule has 3 nitrogen and oxygen atoms in total. The van der Waals surface area contributed by atoms with Crippen molar-refractivity contribution in [3.8, 4) is 0 Å². The molecule has 0 bridgehead atoms. The lowest BCUT2D eigenvalue weighted by Gasteiger charge is -2.27. The summed E-state index contributed by atoms with van der Waals surface area (Å²) in [5, 5.41) is 6.16. The van der Waals surface area contributed by atoms with E-state index < -0.39 is 0 Å². The molecule has 0 aromatic heterocycles. The Kier molecular flexibility index (Phi) is 4.60. The van der Waals surface area contributed by atoms with Crippen LogP contribution in [0.25, 0.3) is 0 Å². The summed E-state index contributed by atoms with van der Waals surface area (Å²) >= 11 is 0. The molecule has 3 heteroatoms.